The summed E-state index contributed by atoms with van der Waals surface area (Å²) in [5, 5.41) is 13.2. The summed E-state index contributed by atoms with van der Waals surface area (Å²) in [7, 11) is 0. The molecule has 1 rings (SSSR count). The first-order valence-electron chi connectivity index (χ1n) is 5.65. The van der Waals surface area contributed by atoms with Crippen LogP contribution in [0.1, 0.15) is 29.5 Å². The third kappa shape index (κ3) is 4.82. The minimum atomic E-state index is -4.39. The zero-order valence-corrected chi connectivity index (χ0v) is 10.8. The van der Waals surface area contributed by atoms with Crippen molar-refractivity contribution >= 4 is 17.7 Å². The lowest BCUT2D eigenvalue weighted by Crippen LogP contribution is -2.38. The van der Waals surface area contributed by atoms with Crippen molar-refractivity contribution in [2.45, 2.75) is 32.5 Å². The van der Waals surface area contributed by atoms with E-state index in [-0.39, 0.29) is 11.4 Å². The fourth-order valence-corrected chi connectivity index (χ4v) is 1.64. The maximum atomic E-state index is 12.1. The number of carboxylic acids is 1. The van der Waals surface area contributed by atoms with Gasteiger partial charge in [-0.3, -0.25) is 0 Å². The van der Waals surface area contributed by atoms with E-state index < -0.39 is 30.6 Å². The smallest absolute Gasteiger partial charge is 0.391 e. The Hall–Kier alpha value is -2.19. The number of nitrogens with one attached hydrogen (secondary N) is 3. The Morgan fingerprint density at radius 1 is 1.45 bits per heavy atom. The van der Waals surface area contributed by atoms with E-state index in [1.807, 2.05) is 0 Å². The van der Waals surface area contributed by atoms with E-state index in [1.54, 1.807) is 6.92 Å². The molecule has 1 unspecified atom stereocenters. The van der Waals surface area contributed by atoms with Gasteiger partial charge in [0.05, 0.1) is 12.1 Å². The second-order valence-electron chi connectivity index (χ2n) is 4.36. The summed E-state index contributed by atoms with van der Waals surface area (Å²) in [4.78, 5) is 24.9. The lowest BCUT2D eigenvalue weighted by molar-refractivity contribution is -0.138. The van der Waals surface area contributed by atoms with Crippen molar-refractivity contribution in [3.8, 4) is 0 Å². The molecule has 0 aliphatic carbocycles. The van der Waals surface area contributed by atoms with Gasteiger partial charge in [0, 0.05) is 11.7 Å². The van der Waals surface area contributed by atoms with Crippen LogP contribution in [0.25, 0.3) is 0 Å². The quantitative estimate of drug-likeness (QED) is 0.687. The second kappa shape index (κ2) is 5.85. The van der Waals surface area contributed by atoms with E-state index in [0.717, 1.165) is 0 Å². The number of carbonyl (C=O) groups is 2. The molecule has 2 amide bonds. The Morgan fingerprint density at radius 3 is 2.55 bits per heavy atom. The predicted molar refractivity (Wildman–Crippen MR) is 64.8 cm³/mol. The number of carboxylic acid groups (broad SMARTS) is 1. The van der Waals surface area contributed by atoms with Crippen LogP contribution in [0.4, 0.5) is 23.7 Å². The third-order valence-corrected chi connectivity index (χ3v) is 2.33. The number of aromatic amines is 1. The van der Waals surface area contributed by atoms with Crippen molar-refractivity contribution < 1.29 is 27.9 Å². The Kier molecular flexibility index (Phi) is 4.64. The number of urea groups is 1. The summed E-state index contributed by atoms with van der Waals surface area (Å²) < 4.78 is 36.3. The number of halogens is 3. The highest BCUT2D eigenvalue weighted by Crippen LogP contribution is 2.21. The highest BCUT2D eigenvalue weighted by atomic mass is 19.4. The van der Waals surface area contributed by atoms with E-state index in [0.29, 0.717) is 5.69 Å². The van der Waals surface area contributed by atoms with E-state index in [4.69, 9.17) is 5.11 Å². The van der Waals surface area contributed by atoms with Crippen molar-refractivity contribution in [2.75, 3.05) is 5.32 Å². The van der Waals surface area contributed by atoms with Gasteiger partial charge in [-0.25, -0.2) is 9.59 Å². The summed E-state index contributed by atoms with van der Waals surface area (Å²) in [5.41, 5.74) is 0.258. The number of amides is 2. The van der Waals surface area contributed by atoms with Crippen LogP contribution in [0.2, 0.25) is 0 Å². The summed E-state index contributed by atoms with van der Waals surface area (Å²) in [5.74, 6) is -1.28. The van der Waals surface area contributed by atoms with Crippen LogP contribution in [0.5, 0.6) is 0 Å². The standard InChI is InChI=1S/C11H14F3N3O3/c1-5-3-7(8(15-5)9(18)19)17-10(20)16-6(2)4-11(12,13)14/h3,6,15H,4H2,1-2H3,(H,18,19)(H2,16,17,20). The molecule has 0 bridgehead atoms. The van der Waals surface area contributed by atoms with Gasteiger partial charge in [-0.15, -0.1) is 0 Å². The minimum absolute atomic E-state index is 0.00768. The number of aryl methyl sites for hydroxylation is 1. The van der Waals surface area contributed by atoms with Crippen LogP contribution in [-0.4, -0.2) is 34.3 Å². The zero-order valence-electron chi connectivity index (χ0n) is 10.8. The van der Waals surface area contributed by atoms with Gasteiger partial charge >= 0.3 is 18.2 Å². The average molecular weight is 293 g/mol. The molecule has 1 aromatic heterocycles. The topological polar surface area (TPSA) is 94.2 Å². The SMILES string of the molecule is Cc1cc(NC(=O)NC(C)CC(F)(F)F)c(C(=O)O)[nH]1. The number of anilines is 1. The number of H-pyrrole nitrogens is 1. The van der Waals surface area contributed by atoms with Crippen molar-refractivity contribution in [2.24, 2.45) is 0 Å². The second-order valence-corrected chi connectivity index (χ2v) is 4.36. The summed E-state index contributed by atoms with van der Waals surface area (Å²) in [6.45, 7) is 2.79. The molecule has 9 heteroatoms. The molecule has 0 fully saturated rings. The van der Waals surface area contributed by atoms with Crippen molar-refractivity contribution in [1.29, 1.82) is 0 Å². The average Bonchev–Trinajstić information content (AvgIpc) is 2.55. The number of alkyl halides is 3. The van der Waals surface area contributed by atoms with Crippen LogP contribution in [0.15, 0.2) is 6.07 Å². The molecule has 0 aliphatic rings. The van der Waals surface area contributed by atoms with Crippen LogP contribution < -0.4 is 10.6 Å². The number of hydrogen-bond acceptors (Lipinski definition) is 2. The largest absolute Gasteiger partial charge is 0.477 e. The molecule has 0 aromatic carbocycles. The number of aromatic nitrogens is 1. The number of rotatable bonds is 4. The van der Waals surface area contributed by atoms with Gasteiger partial charge in [0.2, 0.25) is 0 Å². The maximum Gasteiger partial charge on any atom is 0.391 e. The molecule has 0 spiro atoms. The molecule has 1 atom stereocenters. The van der Waals surface area contributed by atoms with Crippen LogP contribution in [0.3, 0.4) is 0 Å². The van der Waals surface area contributed by atoms with E-state index in [9.17, 15) is 22.8 Å². The fourth-order valence-electron chi connectivity index (χ4n) is 1.64. The molecule has 4 N–H and O–H groups in total. The predicted octanol–water partition coefficient (Wildman–Crippen LogP) is 2.48. The molecule has 20 heavy (non-hydrogen) atoms. The molecule has 112 valence electrons. The first kappa shape index (κ1) is 15.9. The van der Waals surface area contributed by atoms with Crippen LogP contribution >= 0.6 is 0 Å². The molecular weight excluding hydrogens is 279 g/mol. The van der Waals surface area contributed by atoms with E-state index in [2.05, 4.69) is 15.6 Å². The van der Waals surface area contributed by atoms with Gasteiger partial charge in [0.15, 0.2) is 0 Å². The van der Waals surface area contributed by atoms with Gasteiger partial charge in [-0.1, -0.05) is 0 Å². The Morgan fingerprint density at radius 2 is 2.05 bits per heavy atom. The molecule has 0 radical (unpaired) electrons. The van der Waals surface area contributed by atoms with Crippen LogP contribution in [-0.2, 0) is 0 Å². The number of aromatic carboxylic acids is 1. The zero-order chi connectivity index (χ0) is 15.5. The summed E-state index contributed by atoms with van der Waals surface area (Å²) in [6, 6.07) is -0.649. The van der Waals surface area contributed by atoms with Gasteiger partial charge in [-0.05, 0) is 19.9 Å². The molecule has 6 nitrogen and oxygen atoms in total. The first-order chi connectivity index (χ1) is 9.08. The van der Waals surface area contributed by atoms with Gasteiger partial charge in [0.1, 0.15) is 5.69 Å². The molecule has 1 aromatic rings. The van der Waals surface area contributed by atoms with Crippen molar-refractivity contribution in [3.63, 3.8) is 0 Å². The van der Waals surface area contributed by atoms with Crippen LogP contribution in [0, 0.1) is 6.92 Å². The normalized spacial score (nSPS) is 12.8. The number of carbonyl (C=O) groups excluding carboxylic acids is 1. The summed E-state index contributed by atoms with van der Waals surface area (Å²) >= 11 is 0. The molecule has 0 aliphatic heterocycles. The van der Waals surface area contributed by atoms with E-state index in [1.165, 1.54) is 13.0 Å². The fraction of sp³-hybridized carbons (Fsp3) is 0.455. The highest BCUT2D eigenvalue weighted by molar-refractivity contribution is 5.99. The van der Waals surface area contributed by atoms with Gasteiger partial charge in [-0.2, -0.15) is 13.2 Å². The molecule has 0 saturated heterocycles. The lowest BCUT2D eigenvalue weighted by Gasteiger charge is -2.16. The molecular formula is C11H14F3N3O3. The molecule has 0 saturated carbocycles. The third-order valence-electron chi connectivity index (χ3n) is 2.33. The Labute approximate surface area is 112 Å². The summed E-state index contributed by atoms with van der Waals surface area (Å²) in [6.07, 6.45) is -5.55. The van der Waals surface area contributed by atoms with E-state index >= 15 is 0 Å². The highest BCUT2D eigenvalue weighted by Gasteiger charge is 2.30. The maximum absolute atomic E-state index is 12.1. The Bertz CT molecular complexity index is 511. The Balaban J connectivity index is 2.65. The minimum Gasteiger partial charge on any atom is -0.477 e. The number of hydrogen-bond donors (Lipinski definition) is 4. The van der Waals surface area contributed by atoms with Crippen molar-refractivity contribution in [1.82, 2.24) is 10.3 Å². The lowest BCUT2D eigenvalue weighted by atomic mass is 10.2. The molecule has 1 heterocycles. The first-order valence-corrected chi connectivity index (χ1v) is 5.65. The van der Waals surface area contributed by atoms with Crippen molar-refractivity contribution in [3.05, 3.63) is 17.5 Å². The van der Waals surface area contributed by atoms with Gasteiger partial charge < -0.3 is 20.7 Å². The van der Waals surface area contributed by atoms with Gasteiger partial charge in [0.25, 0.3) is 0 Å². The monoisotopic (exact) mass is 293 g/mol.